The van der Waals surface area contributed by atoms with Gasteiger partial charge in [0.05, 0.1) is 17.2 Å². The van der Waals surface area contributed by atoms with Crippen LogP contribution < -0.4 is 0 Å². The minimum Gasteiger partial charge on any atom is -0.511 e. The van der Waals surface area contributed by atoms with E-state index in [-0.39, 0.29) is 56.7 Å². The van der Waals surface area contributed by atoms with Crippen molar-refractivity contribution in [3.05, 3.63) is 11.3 Å². The average Bonchev–Trinajstić information content (AvgIpc) is 2.77. The van der Waals surface area contributed by atoms with Crippen molar-refractivity contribution in [2.24, 2.45) is 50.7 Å². The Morgan fingerprint density at radius 1 is 0.943 bits per heavy atom. The van der Waals surface area contributed by atoms with Crippen LogP contribution in [0.15, 0.2) is 11.3 Å². The van der Waals surface area contributed by atoms with E-state index >= 15 is 0 Å². The van der Waals surface area contributed by atoms with Crippen molar-refractivity contribution in [1.29, 1.82) is 5.26 Å². The number of hydrogen-bond donors (Lipinski definition) is 1. The molecule has 8 atom stereocenters. The first-order chi connectivity index (χ1) is 16.1. The number of ether oxygens (including phenoxy) is 1. The number of aliphatic hydroxyl groups excluding tert-OH is 1. The van der Waals surface area contributed by atoms with Gasteiger partial charge in [0.2, 0.25) is 0 Å². The number of nitriles is 1. The van der Waals surface area contributed by atoms with Crippen LogP contribution in [0.1, 0.15) is 106 Å². The number of allylic oxidation sites excluding steroid dienone is 2. The summed E-state index contributed by atoms with van der Waals surface area (Å²) in [6, 6.07) is 2.34. The highest BCUT2D eigenvalue weighted by Crippen LogP contribution is 2.75. The zero-order valence-corrected chi connectivity index (χ0v) is 23.4. The number of carbonyl (C=O) groups is 1. The first kappa shape index (κ1) is 25.3. The van der Waals surface area contributed by atoms with Crippen molar-refractivity contribution >= 4 is 5.78 Å². The maximum absolute atomic E-state index is 14.4. The van der Waals surface area contributed by atoms with E-state index in [9.17, 15) is 15.2 Å². The maximum Gasteiger partial charge on any atom is 0.137 e. The number of methoxy groups -OCH3 is 1. The van der Waals surface area contributed by atoms with Gasteiger partial charge in [-0.15, -0.1) is 0 Å². The summed E-state index contributed by atoms with van der Waals surface area (Å²) in [6.45, 7) is 16.2. The van der Waals surface area contributed by atoms with Gasteiger partial charge in [0.1, 0.15) is 11.5 Å². The Kier molecular flexibility index (Phi) is 5.33. The molecule has 5 rings (SSSR count). The third kappa shape index (κ3) is 3.03. The average molecular weight is 482 g/mol. The Hall–Kier alpha value is -1.34. The molecule has 5 aliphatic rings. The van der Waals surface area contributed by atoms with E-state index in [2.05, 4.69) is 54.5 Å². The highest BCUT2D eigenvalue weighted by molar-refractivity contribution is 5.84. The predicted octanol–water partition coefficient (Wildman–Crippen LogP) is 7.39. The van der Waals surface area contributed by atoms with Gasteiger partial charge >= 0.3 is 0 Å². The van der Waals surface area contributed by atoms with Gasteiger partial charge in [-0.3, -0.25) is 4.79 Å². The van der Waals surface area contributed by atoms with E-state index in [4.69, 9.17) is 4.74 Å². The molecule has 4 heteroatoms. The molecule has 0 heterocycles. The van der Waals surface area contributed by atoms with Gasteiger partial charge in [0.15, 0.2) is 0 Å². The molecule has 0 unspecified atom stereocenters. The van der Waals surface area contributed by atoms with Gasteiger partial charge in [-0.25, -0.2) is 0 Å². The van der Waals surface area contributed by atoms with Crippen LogP contribution in [0.2, 0.25) is 0 Å². The molecule has 0 aromatic rings. The Morgan fingerprint density at radius 2 is 1.60 bits per heavy atom. The lowest BCUT2D eigenvalue weighted by Gasteiger charge is -2.72. The molecular weight excluding hydrogens is 434 g/mol. The van der Waals surface area contributed by atoms with E-state index in [1.807, 2.05) is 7.11 Å². The molecular formula is C31H47NO3. The molecule has 0 bridgehead atoms. The summed E-state index contributed by atoms with van der Waals surface area (Å²) in [5.74, 6) is 1.55. The van der Waals surface area contributed by atoms with Crippen molar-refractivity contribution in [3.63, 3.8) is 0 Å². The highest BCUT2D eigenvalue weighted by Gasteiger charge is 2.72. The summed E-state index contributed by atoms with van der Waals surface area (Å²) in [5, 5.41) is 20.9. The summed E-state index contributed by atoms with van der Waals surface area (Å²) >= 11 is 0. The van der Waals surface area contributed by atoms with Gasteiger partial charge in [-0.1, -0.05) is 48.5 Å². The van der Waals surface area contributed by atoms with Gasteiger partial charge in [-0.05, 0) is 90.8 Å². The van der Waals surface area contributed by atoms with Crippen molar-refractivity contribution in [2.45, 2.75) is 112 Å². The molecule has 0 saturated heterocycles. The lowest BCUT2D eigenvalue weighted by molar-refractivity contribution is -0.247. The molecule has 4 saturated carbocycles. The van der Waals surface area contributed by atoms with Crippen molar-refractivity contribution in [2.75, 3.05) is 7.11 Å². The van der Waals surface area contributed by atoms with Gasteiger partial charge in [0.25, 0.3) is 0 Å². The third-order valence-corrected chi connectivity index (χ3v) is 13.1. The van der Waals surface area contributed by atoms with Gasteiger partial charge in [0, 0.05) is 24.9 Å². The van der Waals surface area contributed by atoms with Crippen molar-refractivity contribution in [3.8, 4) is 6.07 Å². The molecule has 0 spiro atoms. The molecule has 4 fully saturated rings. The minimum absolute atomic E-state index is 0.0297. The summed E-state index contributed by atoms with van der Waals surface area (Å²) in [7, 11) is 1.88. The number of Topliss-reactive ketones (excluding diaryl/α,β-unsaturated/α-hetero) is 1. The fourth-order valence-corrected chi connectivity index (χ4v) is 10.9. The molecule has 0 amide bonds. The fourth-order valence-electron chi connectivity index (χ4n) is 10.9. The Morgan fingerprint density at radius 3 is 2.23 bits per heavy atom. The Labute approximate surface area is 212 Å². The number of aliphatic hydroxyl groups is 1. The van der Waals surface area contributed by atoms with Crippen LogP contribution >= 0.6 is 0 Å². The molecule has 5 aliphatic carbocycles. The number of hydrogen-bond acceptors (Lipinski definition) is 4. The Bertz CT molecular complexity index is 1020. The van der Waals surface area contributed by atoms with Crippen LogP contribution in [0.4, 0.5) is 0 Å². The normalized spacial score (nSPS) is 50.3. The summed E-state index contributed by atoms with van der Waals surface area (Å²) in [5.41, 5.74) is -0.0270. The second-order valence-corrected chi connectivity index (χ2v) is 15.2. The molecule has 0 aromatic heterocycles. The van der Waals surface area contributed by atoms with Crippen LogP contribution in [-0.2, 0) is 9.53 Å². The van der Waals surface area contributed by atoms with Crippen LogP contribution in [-0.4, -0.2) is 23.6 Å². The quantitative estimate of drug-likeness (QED) is 0.424. The van der Waals surface area contributed by atoms with Crippen molar-refractivity contribution < 1.29 is 14.6 Å². The molecule has 35 heavy (non-hydrogen) atoms. The summed E-state index contributed by atoms with van der Waals surface area (Å²) in [4.78, 5) is 14.4. The monoisotopic (exact) mass is 481 g/mol. The van der Waals surface area contributed by atoms with E-state index in [1.54, 1.807) is 0 Å². The molecule has 0 aromatic carbocycles. The van der Waals surface area contributed by atoms with E-state index < -0.39 is 5.41 Å². The largest absolute Gasteiger partial charge is 0.511 e. The third-order valence-electron chi connectivity index (χ3n) is 13.1. The predicted molar refractivity (Wildman–Crippen MR) is 137 cm³/mol. The first-order valence-electron chi connectivity index (χ1n) is 14.0. The summed E-state index contributed by atoms with van der Waals surface area (Å²) in [6.07, 6.45) is 8.71. The molecule has 0 aliphatic heterocycles. The number of carbonyl (C=O) groups excluding carboxylic acids is 1. The first-order valence-corrected chi connectivity index (χ1v) is 14.0. The van der Waals surface area contributed by atoms with Crippen LogP contribution in [0.3, 0.4) is 0 Å². The fraction of sp³-hybridized carbons (Fsp3) is 0.871. The standard InChI is InChI=1S/C31H47NO3/c1-26(2)11-13-31(35-8)14-12-30(7)24(20(31)17-26)21(33)15-23-28(5)16-19(18-32)25(34)27(3,4)22(28)9-10-29(23,30)6/h20,22-24,34H,9-17H2,1-8H3/t20-,22-,23+,24-,28-,29+,30+,31-/m0/s1. The van der Waals surface area contributed by atoms with Gasteiger partial charge in [-0.2, -0.15) is 5.26 Å². The maximum atomic E-state index is 14.4. The van der Waals surface area contributed by atoms with Gasteiger partial charge < -0.3 is 9.84 Å². The lowest BCUT2D eigenvalue weighted by Crippen LogP contribution is -2.69. The van der Waals surface area contributed by atoms with Crippen molar-refractivity contribution in [1.82, 2.24) is 0 Å². The molecule has 0 radical (unpaired) electrons. The lowest BCUT2D eigenvalue weighted by atomic mass is 9.32. The molecule has 4 nitrogen and oxygen atoms in total. The second-order valence-electron chi connectivity index (χ2n) is 15.2. The zero-order chi connectivity index (χ0) is 25.8. The van der Waals surface area contributed by atoms with E-state index in [0.717, 1.165) is 44.9 Å². The molecule has 1 N–H and O–H groups in total. The van der Waals surface area contributed by atoms with E-state index in [1.165, 1.54) is 0 Å². The smallest absolute Gasteiger partial charge is 0.137 e. The number of fused-ring (bicyclic) bond motifs is 7. The van der Waals surface area contributed by atoms with E-state index in [0.29, 0.717) is 24.2 Å². The number of nitrogens with zero attached hydrogens (tertiary/aromatic N) is 1. The SMILES string of the molecule is CO[C@]12CCC(C)(C)C[C@H]1[C@H]1C(=O)C[C@@H]3[C@@]4(C)CC(C#N)=C(O)C(C)(C)[C@@H]4CC[C@@]3(C)[C@]1(C)CC2. The molecule has 194 valence electrons. The van der Waals surface area contributed by atoms with Crippen LogP contribution in [0.5, 0.6) is 0 Å². The highest BCUT2D eigenvalue weighted by atomic mass is 16.5. The minimum atomic E-state index is -0.439. The number of ketones is 1. The Balaban J connectivity index is 1.61. The zero-order valence-electron chi connectivity index (χ0n) is 23.4. The van der Waals surface area contributed by atoms with Crippen LogP contribution in [0.25, 0.3) is 0 Å². The topological polar surface area (TPSA) is 70.3 Å². The number of rotatable bonds is 1. The second kappa shape index (κ2) is 7.37. The summed E-state index contributed by atoms with van der Waals surface area (Å²) < 4.78 is 6.34. The van der Waals surface area contributed by atoms with Crippen LogP contribution in [0, 0.1) is 62.1 Å².